The lowest BCUT2D eigenvalue weighted by molar-refractivity contribution is 0.474. The van der Waals surface area contributed by atoms with Crippen LogP contribution in [-0.4, -0.2) is 15.9 Å². The van der Waals surface area contributed by atoms with Crippen LogP contribution in [-0.2, 0) is 7.05 Å². The fourth-order valence-corrected chi connectivity index (χ4v) is 3.10. The van der Waals surface area contributed by atoms with E-state index in [9.17, 15) is 5.11 Å². The molecule has 0 saturated heterocycles. The third kappa shape index (κ3) is 2.84. The standard InChI is InChI=1S/C15H12ClN3OS/c1-19-12-4-2-3-5-14(12)21-15(19)18-17-9-10-8-11(16)6-7-13(10)20/h2-9,20H,1H3. The Morgan fingerprint density at radius 1 is 1.24 bits per heavy atom. The Morgan fingerprint density at radius 2 is 2.05 bits per heavy atom. The van der Waals surface area contributed by atoms with E-state index < -0.39 is 0 Å². The van der Waals surface area contributed by atoms with Crippen molar-refractivity contribution >= 4 is 39.4 Å². The number of aromatic hydroxyl groups is 1. The quantitative estimate of drug-likeness (QED) is 0.570. The molecule has 3 rings (SSSR count). The SMILES string of the molecule is Cn1c(=NN=Cc2cc(Cl)ccc2O)sc2ccccc21. The zero-order valence-corrected chi connectivity index (χ0v) is 12.8. The summed E-state index contributed by atoms with van der Waals surface area (Å²) in [5.41, 5.74) is 1.65. The number of thiazole rings is 1. The summed E-state index contributed by atoms with van der Waals surface area (Å²) >= 11 is 7.45. The van der Waals surface area contributed by atoms with Crippen molar-refractivity contribution in [3.05, 3.63) is 57.9 Å². The summed E-state index contributed by atoms with van der Waals surface area (Å²) in [6.07, 6.45) is 1.49. The molecule has 6 heteroatoms. The molecule has 0 atom stereocenters. The predicted octanol–water partition coefficient (Wildman–Crippen LogP) is 3.53. The van der Waals surface area contributed by atoms with E-state index in [1.807, 2.05) is 35.9 Å². The highest BCUT2D eigenvalue weighted by Crippen LogP contribution is 2.19. The molecule has 3 aromatic rings. The number of rotatable bonds is 2. The van der Waals surface area contributed by atoms with Crippen molar-refractivity contribution in [1.82, 2.24) is 4.57 Å². The number of phenolic OH excluding ortho intramolecular Hbond substituents is 1. The van der Waals surface area contributed by atoms with Gasteiger partial charge in [-0.1, -0.05) is 35.1 Å². The number of benzene rings is 2. The zero-order chi connectivity index (χ0) is 14.8. The molecule has 1 heterocycles. The zero-order valence-electron chi connectivity index (χ0n) is 11.2. The fraction of sp³-hybridized carbons (Fsp3) is 0.0667. The largest absolute Gasteiger partial charge is 0.507 e. The predicted molar refractivity (Wildman–Crippen MR) is 87.1 cm³/mol. The van der Waals surface area contributed by atoms with Crippen LogP contribution in [0.3, 0.4) is 0 Å². The van der Waals surface area contributed by atoms with E-state index in [2.05, 4.69) is 10.2 Å². The van der Waals surface area contributed by atoms with Gasteiger partial charge in [0.15, 0.2) is 0 Å². The number of halogens is 1. The van der Waals surface area contributed by atoms with Gasteiger partial charge < -0.3 is 9.67 Å². The number of phenols is 1. The Bertz CT molecular complexity index is 895. The van der Waals surface area contributed by atoms with Gasteiger partial charge in [0.2, 0.25) is 4.80 Å². The molecule has 4 nitrogen and oxygen atoms in total. The number of nitrogens with zero attached hydrogens (tertiary/aromatic N) is 3. The Balaban J connectivity index is 1.99. The van der Waals surface area contributed by atoms with Gasteiger partial charge in [0.1, 0.15) is 5.75 Å². The van der Waals surface area contributed by atoms with E-state index in [0.717, 1.165) is 15.0 Å². The number of hydrogen-bond acceptors (Lipinski definition) is 4. The lowest BCUT2D eigenvalue weighted by atomic mass is 10.2. The Morgan fingerprint density at radius 3 is 2.86 bits per heavy atom. The van der Waals surface area contributed by atoms with Crippen molar-refractivity contribution in [1.29, 1.82) is 0 Å². The first-order valence-corrected chi connectivity index (χ1v) is 7.45. The van der Waals surface area contributed by atoms with Crippen molar-refractivity contribution in [2.45, 2.75) is 0 Å². The smallest absolute Gasteiger partial charge is 0.211 e. The maximum atomic E-state index is 9.71. The van der Waals surface area contributed by atoms with Gasteiger partial charge in [0.25, 0.3) is 0 Å². The number of hydrogen-bond donors (Lipinski definition) is 1. The second-order valence-electron chi connectivity index (χ2n) is 4.46. The number of para-hydroxylation sites is 1. The van der Waals surface area contributed by atoms with Crippen molar-refractivity contribution in [3.63, 3.8) is 0 Å². The molecule has 0 aliphatic rings. The normalized spacial score (nSPS) is 12.6. The van der Waals surface area contributed by atoms with Gasteiger partial charge in [-0.25, -0.2) is 0 Å². The van der Waals surface area contributed by atoms with E-state index in [1.54, 1.807) is 23.5 Å². The van der Waals surface area contributed by atoms with Crippen molar-refractivity contribution in [3.8, 4) is 5.75 Å². The van der Waals surface area contributed by atoms with Crippen LogP contribution in [0.1, 0.15) is 5.56 Å². The van der Waals surface area contributed by atoms with Crippen LogP contribution in [0.5, 0.6) is 5.75 Å². The molecule has 1 aromatic heterocycles. The van der Waals surface area contributed by atoms with Crippen molar-refractivity contribution in [2.75, 3.05) is 0 Å². The molecule has 0 bridgehead atoms. The highest BCUT2D eigenvalue weighted by molar-refractivity contribution is 7.16. The minimum atomic E-state index is 0.124. The van der Waals surface area contributed by atoms with Crippen molar-refractivity contribution < 1.29 is 5.11 Å². The minimum absolute atomic E-state index is 0.124. The maximum Gasteiger partial charge on any atom is 0.211 e. The summed E-state index contributed by atoms with van der Waals surface area (Å²) in [4.78, 5) is 0.786. The first-order valence-electron chi connectivity index (χ1n) is 6.25. The molecule has 0 unspecified atom stereocenters. The first-order chi connectivity index (χ1) is 10.1. The molecule has 2 aromatic carbocycles. The lowest BCUT2D eigenvalue weighted by Gasteiger charge is -1.97. The lowest BCUT2D eigenvalue weighted by Crippen LogP contribution is -2.08. The molecular weight excluding hydrogens is 306 g/mol. The molecule has 21 heavy (non-hydrogen) atoms. The molecule has 106 valence electrons. The van der Waals surface area contributed by atoms with Crippen LogP contribution < -0.4 is 4.80 Å². The average molecular weight is 318 g/mol. The van der Waals surface area contributed by atoms with E-state index in [4.69, 9.17) is 11.6 Å². The molecule has 1 N–H and O–H groups in total. The van der Waals surface area contributed by atoms with Gasteiger partial charge in [0.05, 0.1) is 16.4 Å². The second kappa shape index (κ2) is 5.71. The van der Waals surface area contributed by atoms with Gasteiger partial charge >= 0.3 is 0 Å². The Labute approximate surface area is 130 Å². The third-order valence-electron chi connectivity index (χ3n) is 3.04. The summed E-state index contributed by atoms with van der Waals surface area (Å²) in [7, 11) is 1.95. The van der Waals surface area contributed by atoms with Crippen LogP contribution in [0, 0.1) is 0 Å². The van der Waals surface area contributed by atoms with Gasteiger partial charge in [0, 0.05) is 17.6 Å². The van der Waals surface area contributed by atoms with Crippen LogP contribution >= 0.6 is 22.9 Å². The van der Waals surface area contributed by atoms with Gasteiger partial charge in [-0.05, 0) is 30.3 Å². The van der Waals surface area contributed by atoms with Crippen LogP contribution in [0.2, 0.25) is 5.02 Å². The van der Waals surface area contributed by atoms with Crippen molar-refractivity contribution in [2.24, 2.45) is 17.3 Å². The molecule has 0 aliphatic heterocycles. The molecule has 0 saturated carbocycles. The molecule has 0 aliphatic carbocycles. The van der Waals surface area contributed by atoms with Gasteiger partial charge in [-0.3, -0.25) is 0 Å². The number of aryl methyl sites for hydroxylation is 1. The molecule has 0 amide bonds. The summed E-state index contributed by atoms with van der Waals surface area (Å²) in [5.74, 6) is 0.124. The summed E-state index contributed by atoms with van der Waals surface area (Å²) in [6.45, 7) is 0. The van der Waals surface area contributed by atoms with Gasteiger partial charge in [-0.15, -0.1) is 5.10 Å². The number of aromatic nitrogens is 1. The Kier molecular flexibility index (Phi) is 3.77. The first kappa shape index (κ1) is 13.9. The van der Waals surface area contributed by atoms with Crippen LogP contribution in [0.15, 0.2) is 52.7 Å². The third-order valence-corrected chi connectivity index (χ3v) is 4.38. The molecule has 0 spiro atoms. The van der Waals surface area contributed by atoms with Gasteiger partial charge in [-0.2, -0.15) is 5.10 Å². The highest BCUT2D eigenvalue weighted by Gasteiger charge is 2.01. The van der Waals surface area contributed by atoms with Crippen LogP contribution in [0.25, 0.3) is 10.2 Å². The van der Waals surface area contributed by atoms with Crippen LogP contribution in [0.4, 0.5) is 0 Å². The average Bonchev–Trinajstić information content (AvgIpc) is 2.80. The maximum absolute atomic E-state index is 9.71. The topological polar surface area (TPSA) is 49.9 Å². The summed E-state index contributed by atoms with van der Waals surface area (Å²) < 4.78 is 3.13. The van der Waals surface area contributed by atoms with E-state index in [1.165, 1.54) is 12.3 Å². The Hall–Kier alpha value is -2.11. The highest BCUT2D eigenvalue weighted by atomic mass is 35.5. The molecular formula is C15H12ClN3OS. The second-order valence-corrected chi connectivity index (χ2v) is 5.90. The monoisotopic (exact) mass is 317 g/mol. The van der Waals surface area contributed by atoms with E-state index in [-0.39, 0.29) is 5.75 Å². The molecule has 0 radical (unpaired) electrons. The molecule has 0 fully saturated rings. The summed E-state index contributed by atoms with van der Waals surface area (Å²) in [5, 5.41) is 18.5. The number of fused-ring (bicyclic) bond motifs is 1. The van der Waals surface area contributed by atoms with E-state index in [0.29, 0.717) is 10.6 Å². The minimum Gasteiger partial charge on any atom is -0.507 e. The van der Waals surface area contributed by atoms with E-state index >= 15 is 0 Å². The summed E-state index contributed by atoms with van der Waals surface area (Å²) in [6, 6.07) is 12.9. The fourth-order valence-electron chi connectivity index (χ4n) is 1.95.